The number of alkyl halides is 3. The Hall–Kier alpha value is -1.57. The van der Waals surface area contributed by atoms with E-state index in [1.807, 2.05) is 0 Å². The van der Waals surface area contributed by atoms with Gasteiger partial charge in [0.05, 0.1) is 0 Å². The summed E-state index contributed by atoms with van der Waals surface area (Å²) < 4.78 is 35.0. The Morgan fingerprint density at radius 2 is 2.05 bits per heavy atom. The smallest absolute Gasteiger partial charge is 0.444 e. The van der Waals surface area contributed by atoms with E-state index in [4.69, 9.17) is 4.74 Å². The third-order valence-corrected chi connectivity index (χ3v) is 1.78. The Morgan fingerprint density at radius 3 is 2.53 bits per heavy atom. The summed E-state index contributed by atoms with van der Waals surface area (Å²) in [6.45, 7) is 5.08. The van der Waals surface area contributed by atoms with Crippen LogP contribution in [-0.4, -0.2) is 27.0 Å². The van der Waals surface area contributed by atoms with Crippen LogP contribution in [0, 0.1) is 0 Å². The summed E-state index contributed by atoms with van der Waals surface area (Å²) in [5.74, 6) is -0.293. The Bertz CT molecular complexity index is 466. The van der Waals surface area contributed by atoms with Crippen LogP contribution in [0.3, 0.4) is 0 Å². The highest BCUT2D eigenvalue weighted by Gasteiger charge is 2.29. The minimum atomic E-state index is -3.86. The molecule has 0 saturated heterocycles. The fraction of sp³-hybridized carbons (Fsp3) is 0.600. The van der Waals surface area contributed by atoms with Gasteiger partial charge in [0, 0.05) is 24.7 Å². The van der Waals surface area contributed by atoms with Crippen molar-refractivity contribution in [1.29, 1.82) is 0 Å². The van der Waals surface area contributed by atoms with E-state index in [9.17, 15) is 13.6 Å². The first kappa shape index (κ1) is 15.5. The van der Waals surface area contributed by atoms with Gasteiger partial charge in [-0.2, -0.15) is 0 Å². The van der Waals surface area contributed by atoms with Crippen LogP contribution in [-0.2, 0) is 11.8 Å². The predicted molar refractivity (Wildman–Crippen MR) is 64.5 cm³/mol. The molecule has 19 heavy (non-hydrogen) atoms. The van der Waals surface area contributed by atoms with Crippen LogP contribution in [0.5, 0.6) is 5.88 Å². The van der Waals surface area contributed by atoms with E-state index >= 15 is 0 Å². The summed E-state index contributed by atoms with van der Waals surface area (Å²) >= 11 is 4.61. The minimum Gasteiger partial charge on any atom is -0.444 e. The topological polar surface area (TPSA) is 65.4 Å². The van der Waals surface area contributed by atoms with E-state index in [-0.39, 0.29) is 5.82 Å². The second kappa shape index (κ2) is 5.20. The third-order valence-electron chi connectivity index (χ3n) is 1.71. The Morgan fingerprint density at radius 1 is 1.47 bits per heavy atom. The molecule has 6 nitrogen and oxygen atoms in total. The minimum absolute atomic E-state index is 0.130. The molecule has 0 fully saturated rings. The van der Waals surface area contributed by atoms with Gasteiger partial charge in [0.15, 0.2) is 0 Å². The second-order valence-electron chi connectivity index (χ2n) is 4.67. The lowest BCUT2D eigenvalue weighted by Gasteiger charge is -2.19. The van der Waals surface area contributed by atoms with E-state index in [0.29, 0.717) is 0 Å². The van der Waals surface area contributed by atoms with Crippen molar-refractivity contribution in [3.63, 3.8) is 0 Å². The Labute approximate surface area is 113 Å². The van der Waals surface area contributed by atoms with E-state index in [1.165, 1.54) is 7.05 Å². The number of carbonyl (C=O) groups is 1. The first-order chi connectivity index (χ1) is 8.46. The van der Waals surface area contributed by atoms with Crippen molar-refractivity contribution in [3.8, 4) is 5.88 Å². The van der Waals surface area contributed by atoms with Gasteiger partial charge in [-0.25, -0.2) is 9.48 Å². The summed E-state index contributed by atoms with van der Waals surface area (Å²) in [5.41, 5.74) is -4.54. The van der Waals surface area contributed by atoms with Gasteiger partial charge in [-0.15, -0.1) is 13.9 Å². The largest absolute Gasteiger partial charge is 0.488 e. The zero-order valence-electron chi connectivity index (χ0n) is 10.8. The van der Waals surface area contributed by atoms with E-state index in [1.54, 1.807) is 20.8 Å². The monoisotopic (exact) mass is 297 g/mol. The quantitative estimate of drug-likeness (QED) is 0.871. The maximum atomic E-state index is 12.4. The van der Waals surface area contributed by atoms with Crippen molar-refractivity contribution < 1.29 is 23.0 Å². The molecule has 1 aromatic heterocycles. The molecule has 108 valence electrons. The first-order valence-electron chi connectivity index (χ1n) is 5.26. The fourth-order valence-electron chi connectivity index (χ4n) is 1.13. The van der Waals surface area contributed by atoms with Gasteiger partial charge in [0.2, 0.25) is 5.88 Å². The van der Waals surface area contributed by atoms with Gasteiger partial charge in [-0.1, -0.05) is 0 Å². The SMILES string of the molecule is Cn1nc(OC(F)(F)Cl)cc1NC(=O)OC(C)(C)C. The van der Waals surface area contributed by atoms with Crippen molar-refractivity contribution in [2.45, 2.75) is 31.9 Å². The molecule has 1 aromatic rings. The maximum absolute atomic E-state index is 12.4. The number of nitrogens with zero attached hydrogens (tertiary/aromatic N) is 2. The zero-order valence-corrected chi connectivity index (χ0v) is 11.6. The molecule has 0 radical (unpaired) electrons. The number of amides is 1. The lowest BCUT2D eigenvalue weighted by atomic mass is 10.2. The van der Waals surface area contributed by atoms with E-state index < -0.39 is 23.1 Å². The average Bonchev–Trinajstić information content (AvgIpc) is 2.39. The van der Waals surface area contributed by atoms with Crippen molar-refractivity contribution >= 4 is 23.5 Å². The zero-order chi connectivity index (χ0) is 14.8. The first-order valence-corrected chi connectivity index (χ1v) is 5.64. The standard InChI is InChI=1S/C10H14ClF2N3O3/c1-9(2,3)19-8(17)14-6-5-7(15-16(6)4)18-10(11,12)13/h5H,1-4H3,(H,14,17). The molecule has 1 heterocycles. The molecule has 0 aliphatic heterocycles. The molecular weight excluding hydrogens is 284 g/mol. The summed E-state index contributed by atoms with van der Waals surface area (Å²) in [7, 11) is 1.44. The highest BCUT2D eigenvalue weighted by atomic mass is 35.5. The number of hydrogen-bond acceptors (Lipinski definition) is 4. The van der Waals surface area contributed by atoms with Crippen LogP contribution < -0.4 is 10.1 Å². The Kier molecular flexibility index (Phi) is 4.24. The summed E-state index contributed by atoms with van der Waals surface area (Å²) in [6, 6.07) is 1.10. The van der Waals surface area contributed by atoms with Gasteiger partial charge in [-0.3, -0.25) is 5.32 Å². The number of aromatic nitrogens is 2. The molecule has 1 N–H and O–H groups in total. The number of carbonyl (C=O) groups excluding carboxylic acids is 1. The van der Waals surface area contributed by atoms with E-state index in [2.05, 4.69) is 26.8 Å². The van der Waals surface area contributed by atoms with Crippen LogP contribution in [0.2, 0.25) is 0 Å². The number of halogens is 3. The molecule has 0 aliphatic carbocycles. The van der Waals surface area contributed by atoms with Crippen LogP contribution in [0.15, 0.2) is 6.07 Å². The highest BCUT2D eigenvalue weighted by Crippen LogP contribution is 2.25. The third kappa shape index (κ3) is 5.73. The second-order valence-corrected chi connectivity index (χ2v) is 5.11. The van der Waals surface area contributed by atoms with Crippen LogP contribution in [0.1, 0.15) is 20.8 Å². The van der Waals surface area contributed by atoms with Crippen LogP contribution >= 0.6 is 11.6 Å². The fourth-order valence-corrected chi connectivity index (χ4v) is 1.21. The van der Waals surface area contributed by atoms with Gasteiger partial charge in [0.1, 0.15) is 11.4 Å². The van der Waals surface area contributed by atoms with Crippen molar-refractivity contribution in [3.05, 3.63) is 6.07 Å². The molecule has 1 amide bonds. The average molecular weight is 298 g/mol. The molecular formula is C10H14ClF2N3O3. The molecule has 0 unspecified atom stereocenters. The lowest BCUT2D eigenvalue weighted by Crippen LogP contribution is -2.27. The summed E-state index contributed by atoms with van der Waals surface area (Å²) in [6.07, 6.45) is -0.736. The van der Waals surface area contributed by atoms with Gasteiger partial charge < -0.3 is 9.47 Å². The summed E-state index contributed by atoms with van der Waals surface area (Å²) in [5, 5.41) is 5.95. The maximum Gasteiger partial charge on any atom is 0.488 e. The van der Waals surface area contributed by atoms with Gasteiger partial charge >= 0.3 is 11.7 Å². The Balaban J connectivity index is 2.72. The molecule has 0 spiro atoms. The molecule has 0 saturated carbocycles. The highest BCUT2D eigenvalue weighted by molar-refractivity contribution is 6.20. The van der Waals surface area contributed by atoms with E-state index in [0.717, 1.165) is 10.7 Å². The molecule has 0 aliphatic rings. The van der Waals surface area contributed by atoms with Crippen molar-refractivity contribution in [1.82, 2.24) is 9.78 Å². The molecule has 0 bridgehead atoms. The summed E-state index contributed by atoms with van der Waals surface area (Å²) in [4.78, 5) is 11.5. The molecule has 9 heteroatoms. The van der Waals surface area contributed by atoms with Crippen LogP contribution in [0.4, 0.5) is 19.4 Å². The van der Waals surface area contributed by atoms with Crippen molar-refractivity contribution in [2.24, 2.45) is 7.05 Å². The number of ether oxygens (including phenoxy) is 2. The number of aryl methyl sites for hydroxylation is 1. The van der Waals surface area contributed by atoms with Gasteiger partial charge in [0.25, 0.3) is 0 Å². The van der Waals surface area contributed by atoms with Gasteiger partial charge in [-0.05, 0) is 20.8 Å². The van der Waals surface area contributed by atoms with Crippen molar-refractivity contribution in [2.75, 3.05) is 5.32 Å². The number of nitrogens with one attached hydrogen (secondary N) is 1. The number of anilines is 1. The number of rotatable bonds is 3. The number of hydrogen-bond donors (Lipinski definition) is 1. The molecule has 0 aromatic carbocycles. The normalized spacial score (nSPS) is 12.2. The molecule has 1 rings (SSSR count). The molecule has 0 atom stereocenters. The predicted octanol–water partition coefficient (Wildman–Crippen LogP) is 2.94. The lowest BCUT2D eigenvalue weighted by molar-refractivity contribution is -0.0993. The van der Waals surface area contributed by atoms with Crippen LogP contribution in [0.25, 0.3) is 0 Å².